The Balaban J connectivity index is 1.29. The first-order valence-electron chi connectivity index (χ1n) is 11.2. The Morgan fingerprint density at radius 3 is 2.56 bits per heavy atom. The summed E-state index contributed by atoms with van der Waals surface area (Å²) >= 11 is 0. The highest BCUT2D eigenvalue weighted by Crippen LogP contribution is 2.27. The number of piperazine rings is 1. The van der Waals surface area contributed by atoms with Crippen LogP contribution in [0.25, 0.3) is 0 Å². The quantitative estimate of drug-likeness (QED) is 0.588. The van der Waals surface area contributed by atoms with E-state index in [9.17, 15) is 4.79 Å². The van der Waals surface area contributed by atoms with Crippen LogP contribution in [0.15, 0.2) is 48.6 Å². The minimum atomic E-state index is -0.0269. The maximum Gasteiger partial charge on any atom is 0.261 e. The van der Waals surface area contributed by atoms with E-state index in [1.54, 1.807) is 30.7 Å². The minimum absolute atomic E-state index is 0.0269. The molecule has 1 amide bonds. The van der Waals surface area contributed by atoms with Crippen LogP contribution in [0.1, 0.15) is 28.8 Å². The fourth-order valence-corrected chi connectivity index (χ4v) is 4.12. The zero-order chi connectivity index (χ0) is 22.3. The number of rotatable bonds is 8. The number of hydrogen-bond acceptors (Lipinski definition) is 7. The molecule has 0 radical (unpaired) electrons. The molecule has 2 aromatic rings. The van der Waals surface area contributed by atoms with Crippen molar-refractivity contribution in [3.63, 3.8) is 0 Å². The van der Waals surface area contributed by atoms with Gasteiger partial charge in [0.15, 0.2) is 0 Å². The highest BCUT2D eigenvalue weighted by molar-refractivity contribution is 5.98. The molecule has 32 heavy (non-hydrogen) atoms. The van der Waals surface area contributed by atoms with Crippen LogP contribution in [0, 0.1) is 6.92 Å². The first-order chi connectivity index (χ1) is 15.7. The number of benzene rings is 1. The van der Waals surface area contributed by atoms with Crippen molar-refractivity contribution in [2.75, 3.05) is 57.9 Å². The van der Waals surface area contributed by atoms with Gasteiger partial charge in [-0.3, -0.25) is 9.69 Å². The zero-order valence-electron chi connectivity index (χ0n) is 18.9. The average Bonchev–Trinajstić information content (AvgIpc) is 2.95. The number of carbonyl (C=O) groups excluding carboxylic acids is 1. The number of methoxy groups -OCH3 is 1. The highest BCUT2D eigenvalue weighted by Gasteiger charge is 2.26. The third-order valence-corrected chi connectivity index (χ3v) is 5.88. The predicted molar refractivity (Wildman–Crippen MR) is 123 cm³/mol. The smallest absolute Gasteiger partial charge is 0.261 e. The Kier molecular flexibility index (Phi) is 7.34. The summed E-state index contributed by atoms with van der Waals surface area (Å²) < 4.78 is 11.1. The second kappa shape index (κ2) is 10.6. The van der Waals surface area contributed by atoms with E-state index in [4.69, 9.17) is 9.47 Å². The predicted octanol–water partition coefficient (Wildman–Crippen LogP) is 2.71. The Morgan fingerprint density at radius 2 is 1.81 bits per heavy atom. The van der Waals surface area contributed by atoms with E-state index in [-0.39, 0.29) is 5.91 Å². The standard InChI is InChI=1S/C24H31N5O3/c1-19-6-7-22-21(16-19)23(30)29(20(17-31-2)18-32-22)11-4-3-10-27-12-14-28(15-13-27)24-25-8-5-9-26-24/h5-9,16,18H,3-4,10-15,17H2,1-2H3. The van der Waals surface area contributed by atoms with E-state index in [1.165, 1.54) is 0 Å². The molecular weight excluding hydrogens is 406 g/mol. The van der Waals surface area contributed by atoms with Crippen LogP contribution in [-0.4, -0.2) is 78.7 Å². The van der Waals surface area contributed by atoms with Gasteiger partial charge >= 0.3 is 0 Å². The van der Waals surface area contributed by atoms with Gasteiger partial charge in [0.05, 0.1) is 17.9 Å². The summed E-state index contributed by atoms with van der Waals surface area (Å²) in [5.74, 6) is 1.37. The molecule has 8 heteroatoms. The Bertz CT molecular complexity index is 942. The van der Waals surface area contributed by atoms with E-state index < -0.39 is 0 Å². The van der Waals surface area contributed by atoms with E-state index in [1.807, 2.05) is 31.2 Å². The van der Waals surface area contributed by atoms with Crippen molar-refractivity contribution in [2.24, 2.45) is 0 Å². The number of amides is 1. The number of ether oxygens (including phenoxy) is 2. The summed E-state index contributed by atoms with van der Waals surface area (Å²) in [6.45, 7) is 7.83. The van der Waals surface area contributed by atoms with Gasteiger partial charge in [0.1, 0.15) is 12.0 Å². The van der Waals surface area contributed by atoms with E-state index >= 15 is 0 Å². The fourth-order valence-electron chi connectivity index (χ4n) is 4.12. The average molecular weight is 438 g/mol. The summed E-state index contributed by atoms with van der Waals surface area (Å²) in [6.07, 6.45) is 7.16. The zero-order valence-corrected chi connectivity index (χ0v) is 18.9. The maximum absolute atomic E-state index is 13.3. The topological polar surface area (TPSA) is 71.0 Å². The van der Waals surface area contributed by atoms with Crippen molar-refractivity contribution in [3.05, 3.63) is 59.7 Å². The molecule has 1 saturated heterocycles. The fraction of sp³-hybridized carbons (Fsp3) is 0.458. The van der Waals surface area contributed by atoms with Crippen LogP contribution in [0.4, 0.5) is 5.95 Å². The van der Waals surface area contributed by atoms with Crippen LogP contribution >= 0.6 is 0 Å². The van der Waals surface area contributed by atoms with Crippen molar-refractivity contribution in [1.29, 1.82) is 0 Å². The maximum atomic E-state index is 13.3. The SMILES string of the molecule is COCC1=COc2ccc(C)cc2C(=O)N1CCCCN1CCN(c2ncccn2)CC1. The van der Waals surface area contributed by atoms with Crippen LogP contribution in [0.5, 0.6) is 5.75 Å². The van der Waals surface area contributed by atoms with Crippen molar-refractivity contribution in [3.8, 4) is 5.75 Å². The molecular formula is C24H31N5O3. The molecule has 0 atom stereocenters. The molecule has 0 bridgehead atoms. The van der Waals surface area contributed by atoms with Gasteiger partial charge in [0.25, 0.3) is 5.91 Å². The van der Waals surface area contributed by atoms with Gasteiger partial charge in [-0.1, -0.05) is 11.6 Å². The van der Waals surface area contributed by atoms with Crippen LogP contribution in [-0.2, 0) is 4.74 Å². The Labute approximate surface area is 189 Å². The van der Waals surface area contributed by atoms with E-state index in [2.05, 4.69) is 19.8 Å². The van der Waals surface area contributed by atoms with E-state index in [0.29, 0.717) is 24.5 Å². The number of nitrogens with zero attached hydrogens (tertiary/aromatic N) is 5. The summed E-state index contributed by atoms with van der Waals surface area (Å²) in [7, 11) is 1.63. The number of aryl methyl sites for hydroxylation is 1. The number of hydrogen-bond donors (Lipinski definition) is 0. The second-order valence-electron chi connectivity index (χ2n) is 8.20. The second-order valence-corrected chi connectivity index (χ2v) is 8.20. The lowest BCUT2D eigenvalue weighted by molar-refractivity contribution is 0.0771. The third-order valence-electron chi connectivity index (χ3n) is 5.88. The molecule has 1 fully saturated rings. The first kappa shape index (κ1) is 22.2. The molecule has 0 unspecified atom stereocenters. The number of aromatic nitrogens is 2. The molecule has 4 rings (SSSR count). The number of unbranched alkanes of at least 4 members (excludes halogenated alkanes) is 1. The lowest BCUT2D eigenvalue weighted by atomic mass is 10.1. The van der Waals surface area contributed by atoms with Gasteiger partial charge in [-0.05, 0) is 44.5 Å². The molecule has 1 aromatic heterocycles. The van der Waals surface area contributed by atoms with Crippen LogP contribution in [0.2, 0.25) is 0 Å². The molecule has 2 aliphatic rings. The van der Waals surface area contributed by atoms with Crippen molar-refractivity contribution in [1.82, 2.24) is 19.8 Å². The molecule has 0 N–H and O–H groups in total. The monoisotopic (exact) mass is 437 g/mol. The molecule has 0 saturated carbocycles. The van der Waals surface area contributed by atoms with Crippen molar-refractivity contribution < 1.29 is 14.3 Å². The van der Waals surface area contributed by atoms with Crippen LogP contribution < -0.4 is 9.64 Å². The van der Waals surface area contributed by atoms with Gasteiger partial charge in [-0.25, -0.2) is 9.97 Å². The molecule has 170 valence electrons. The van der Waals surface area contributed by atoms with Gasteiger partial charge in [-0.2, -0.15) is 0 Å². The van der Waals surface area contributed by atoms with Gasteiger partial charge in [0, 0.05) is 52.2 Å². The molecule has 0 spiro atoms. The Morgan fingerprint density at radius 1 is 1.06 bits per heavy atom. The summed E-state index contributed by atoms with van der Waals surface area (Å²) in [5, 5.41) is 0. The van der Waals surface area contributed by atoms with Gasteiger partial charge in [-0.15, -0.1) is 0 Å². The lowest BCUT2D eigenvalue weighted by Crippen LogP contribution is -2.47. The molecule has 2 aliphatic heterocycles. The number of carbonyl (C=O) groups is 1. The number of fused-ring (bicyclic) bond motifs is 1. The highest BCUT2D eigenvalue weighted by atomic mass is 16.5. The van der Waals surface area contributed by atoms with E-state index in [0.717, 1.165) is 62.8 Å². The largest absolute Gasteiger partial charge is 0.462 e. The summed E-state index contributed by atoms with van der Waals surface area (Å²) in [5.41, 5.74) is 2.39. The van der Waals surface area contributed by atoms with Gasteiger partial charge in [0.2, 0.25) is 5.95 Å². The minimum Gasteiger partial charge on any atom is -0.462 e. The molecule has 0 aliphatic carbocycles. The van der Waals surface area contributed by atoms with Crippen molar-refractivity contribution >= 4 is 11.9 Å². The summed E-state index contributed by atoms with van der Waals surface area (Å²) in [6, 6.07) is 7.54. The first-order valence-corrected chi connectivity index (χ1v) is 11.2. The number of anilines is 1. The summed E-state index contributed by atoms with van der Waals surface area (Å²) in [4.78, 5) is 28.5. The van der Waals surface area contributed by atoms with Crippen molar-refractivity contribution in [2.45, 2.75) is 19.8 Å². The van der Waals surface area contributed by atoms with Crippen LogP contribution in [0.3, 0.4) is 0 Å². The molecule has 8 nitrogen and oxygen atoms in total. The molecule has 1 aromatic carbocycles. The Hall–Kier alpha value is -2.97. The third kappa shape index (κ3) is 5.26. The molecule has 3 heterocycles. The lowest BCUT2D eigenvalue weighted by Gasteiger charge is -2.34. The van der Waals surface area contributed by atoms with Gasteiger partial charge < -0.3 is 19.3 Å². The normalized spacial score (nSPS) is 16.9.